The number of hydrogen-bond acceptors (Lipinski definition) is 4. The number of nitrogens with zero attached hydrogens (tertiary/aromatic N) is 2. The quantitative estimate of drug-likeness (QED) is 0.638. The highest BCUT2D eigenvalue weighted by Crippen LogP contribution is 2.28. The van der Waals surface area contributed by atoms with Gasteiger partial charge in [0.25, 0.3) is 5.91 Å². The van der Waals surface area contributed by atoms with E-state index in [1.807, 2.05) is 24.3 Å². The Kier molecular flexibility index (Phi) is 4.20. The van der Waals surface area contributed by atoms with E-state index in [9.17, 15) is 10.0 Å². The highest BCUT2D eigenvalue weighted by Gasteiger charge is 2.30. The highest BCUT2D eigenvalue weighted by atomic mass is 16.5. The molecule has 0 spiro atoms. The van der Waals surface area contributed by atoms with Crippen LogP contribution in [0, 0.1) is 0 Å². The number of oxime groups is 1. The minimum atomic E-state index is -0.334. The van der Waals surface area contributed by atoms with Gasteiger partial charge in [0.15, 0.2) is 0 Å². The van der Waals surface area contributed by atoms with Crippen LogP contribution in [0.15, 0.2) is 29.4 Å². The van der Waals surface area contributed by atoms with Gasteiger partial charge in [0.2, 0.25) is 0 Å². The molecule has 1 N–H and O–H groups in total. The largest absolute Gasteiger partial charge is 0.411 e. The van der Waals surface area contributed by atoms with Crippen molar-refractivity contribution in [3.8, 4) is 0 Å². The number of ether oxygens (including phenoxy) is 1. The van der Waals surface area contributed by atoms with Crippen molar-refractivity contribution in [2.24, 2.45) is 5.16 Å². The Morgan fingerprint density at radius 3 is 2.90 bits per heavy atom. The Bertz CT molecular complexity index is 550. The standard InChI is InChI=1S/C16H20N2O3/c19-16(15-9-3-4-11-21-15)18-10-5-7-13(17-20)12-6-1-2-8-14(12)18/h1-2,6,8,15,20H,3-5,7,9-11H2/b17-13-. The Morgan fingerprint density at radius 2 is 2.14 bits per heavy atom. The van der Waals surface area contributed by atoms with Gasteiger partial charge < -0.3 is 14.8 Å². The van der Waals surface area contributed by atoms with Crippen LogP contribution in [0.1, 0.15) is 37.7 Å². The SMILES string of the molecule is O=C(C1CCCCO1)N1CCC/C(=N/O)c2ccccc21. The van der Waals surface area contributed by atoms with Crippen LogP contribution in [-0.4, -0.2) is 36.1 Å². The Balaban J connectivity index is 1.92. The monoisotopic (exact) mass is 288 g/mol. The van der Waals surface area contributed by atoms with Crippen LogP contribution in [0.5, 0.6) is 0 Å². The summed E-state index contributed by atoms with van der Waals surface area (Å²) in [5.74, 6) is 0.0290. The summed E-state index contributed by atoms with van der Waals surface area (Å²) in [6.45, 7) is 1.30. The summed E-state index contributed by atoms with van der Waals surface area (Å²) in [6, 6.07) is 7.61. The lowest BCUT2D eigenvalue weighted by Crippen LogP contribution is -2.42. The third-order valence-corrected chi connectivity index (χ3v) is 4.14. The number of amides is 1. The molecule has 1 fully saturated rings. The van der Waals surface area contributed by atoms with Gasteiger partial charge in [-0.2, -0.15) is 0 Å². The number of para-hydroxylation sites is 1. The van der Waals surface area contributed by atoms with Gasteiger partial charge in [-0.3, -0.25) is 4.79 Å². The Labute approximate surface area is 124 Å². The predicted octanol–water partition coefficient (Wildman–Crippen LogP) is 2.56. The molecule has 1 saturated heterocycles. The van der Waals surface area contributed by atoms with Gasteiger partial charge in [-0.15, -0.1) is 0 Å². The second kappa shape index (κ2) is 6.26. The van der Waals surface area contributed by atoms with Crippen molar-refractivity contribution < 1.29 is 14.7 Å². The summed E-state index contributed by atoms with van der Waals surface area (Å²) >= 11 is 0. The molecule has 2 heterocycles. The molecule has 1 aromatic rings. The molecular formula is C16H20N2O3. The third-order valence-electron chi connectivity index (χ3n) is 4.14. The zero-order valence-electron chi connectivity index (χ0n) is 12.0. The minimum absolute atomic E-state index is 0.0290. The lowest BCUT2D eigenvalue weighted by Gasteiger charge is -2.29. The van der Waals surface area contributed by atoms with E-state index in [4.69, 9.17) is 4.74 Å². The number of carbonyl (C=O) groups excluding carboxylic acids is 1. The van der Waals surface area contributed by atoms with Gasteiger partial charge in [0.05, 0.1) is 11.4 Å². The van der Waals surface area contributed by atoms with Gasteiger partial charge in [-0.05, 0) is 38.2 Å². The fraction of sp³-hybridized carbons (Fsp3) is 0.500. The van der Waals surface area contributed by atoms with E-state index in [0.717, 1.165) is 36.9 Å². The number of hydrogen-bond donors (Lipinski definition) is 1. The molecule has 0 saturated carbocycles. The maximum absolute atomic E-state index is 12.8. The van der Waals surface area contributed by atoms with E-state index >= 15 is 0 Å². The van der Waals surface area contributed by atoms with Gasteiger partial charge in [0.1, 0.15) is 6.10 Å². The normalized spacial score (nSPS) is 24.5. The van der Waals surface area contributed by atoms with Crippen LogP contribution in [0.4, 0.5) is 5.69 Å². The average Bonchev–Trinajstić information content (AvgIpc) is 2.74. The molecule has 1 amide bonds. The molecule has 0 bridgehead atoms. The van der Waals surface area contributed by atoms with Crippen LogP contribution < -0.4 is 4.90 Å². The van der Waals surface area contributed by atoms with Gasteiger partial charge in [0, 0.05) is 18.7 Å². The minimum Gasteiger partial charge on any atom is -0.411 e. The molecule has 0 aromatic heterocycles. The van der Waals surface area contributed by atoms with Crippen molar-refractivity contribution in [1.82, 2.24) is 0 Å². The number of anilines is 1. The molecule has 0 radical (unpaired) electrons. The lowest BCUT2D eigenvalue weighted by molar-refractivity contribution is -0.132. The number of fused-ring (bicyclic) bond motifs is 1. The first-order chi connectivity index (χ1) is 10.3. The summed E-state index contributed by atoms with van der Waals surface area (Å²) in [5.41, 5.74) is 2.30. The van der Waals surface area contributed by atoms with Crippen molar-refractivity contribution >= 4 is 17.3 Å². The fourth-order valence-electron chi connectivity index (χ4n) is 3.05. The molecule has 0 aliphatic carbocycles. The lowest BCUT2D eigenvalue weighted by atomic mass is 10.0. The van der Waals surface area contributed by atoms with Crippen molar-refractivity contribution in [1.29, 1.82) is 0 Å². The number of rotatable bonds is 1. The van der Waals surface area contributed by atoms with Crippen molar-refractivity contribution in [2.75, 3.05) is 18.1 Å². The number of carbonyl (C=O) groups is 1. The average molecular weight is 288 g/mol. The molecule has 1 atom stereocenters. The van der Waals surface area contributed by atoms with Gasteiger partial charge in [-0.25, -0.2) is 0 Å². The second-order valence-corrected chi connectivity index (χ2v) is 5.51. The van der Waals surface area contributed by atoms with Gasteiger partial charge in [-0.1, -0.05) is 23.4 Å². The molecule has 5 heteroatoms. The molecule has 3 rings (SSSR count). The van der Waals surface area contributed by atoms with Crippen molar-refractivity contribution in [3.05, 3.63) is 29.8 Å². The van der Waals surface area contributed by atoms with Crippen LogP contribution in [0.25, 0.3) is 0 Å². The maximum Gasteiger partial charge on any atom is 0.256 e. The first-order valence-corrected chi connectivity index (χ1v) is 7.54. The molecule has 2 aliphatic rings. The zero-order valence-corrected chi connectivity index (χ0v) is 12.0. The first-order valence-electron chi connectivity index (χ1n) is 7.54. The zero-order chi connectivity index (χ0) is 14.7. The third kappa shape index (κ3) is 2.78. The highest BCUT2D eigenvalue weighted by molar-refractivity contribution is 6.09. The van der Waals surface area contributed by atoms with E-state index in [2.05, 4.69) is 5.16 Å². The first kappa shape index (κ1) is 14.1. The molecule has 112 valence electrons. The van der Waals surface area contributed by atoms with Crippen LogP contribution in [0.3, 0.4) is 0 Å². The van der Waals surface area contributed by atoms with E-state index < -0.39 is 0 Å². The summed E-state index contributed by atoms with van der Waals surface area (Å²) in [5, 5.41) is 12.6. The number of benzene rings is 1. The molecular weight excluding hydrogens is 268 g/mol. The van der Waals surface area contributed by atoms with Gasteiger partial charge >= 0.3 is 0 Å². The van der Waals surface area contributed by atoms with Crippen molar-refractivity contribution in [2.45, 2.75) is 38.2 Å². The van der Waals surface area contributed by atoms with E-state index in [1.54, 1.807) is 4.90 Å². The molecule has 2 aliphatic heterocycles. The molecule has 21 heavy (non-hydrogen) atoms. The molecule has 5 nitrogen and oxygen atoms in total. The van der Waals surface area contributed by atoms with Crippen LogP contribution in [-0.2, 0) is 9.53 Å². The van der Waals surface area contributed by atoms with Crippen molar-refractivity contribution in [3.63, 3.8) is 0 Å². The maximum atomic E-state index is 12.8. The molecule has 1 aromatic carbocycles. The summed E-state index contributed by atoms with van der Waals surface area (Å²) in [6.07, 6.45) is 3.98. The fourth-order valence-corrected chi connectivity index (χ4v) is 3.05. The molecule has 1 unspecified atom stereocenters. The van der Waals surface area contributed by atoms with E-state index in [1.165, 1.54) is 0 Å². The Morgan fingerprint density at radius 1 is 1.29 bits per heavy atom. The van der Waals surface area contributed by atoms with E-state index in [-0.39, 0.29) is 12.0 Å². The summed E-state index contributed by atoms with van der Waals surface area (Å²) in [7, 11) is 0. The summed E-state index contributed by atoms with van der Waals surface area (Å²) in [4.78, 5) is 14.6. The Hall–Kier alpha value is -1.88. The summed E-state index contributed by atoms with van der Waals surface area (Å²) < 4.78 is 5.63. The smallest absolute Gasteiger partial charge is 0.256 e. The second-order valence-electron chi connectivity index (χ2n) is 5.51. The topological polar surface area (TPSA) is 62.1 Å². The van der Waals surface area contributed by atoms with Crippen LogP contribution in [0.2, 0.25) is 0 Å². The predicted molar refractivity (Wildman–Crippen MR) is 79.9 cm³/mol. The van der Waals surface area contributed by atoms with E-state index in [0.29, 0.717) is 25.3 Å². The van der Waals surface area contributed by atoms with Crippen LogP contribution >= 0.6 is 0 Å².